The van der Waals surface area contributed by atoms with E-state index in [-0.39, 0.29) is 11.5 Å². The average Bonchev–Trinajstić information content (AvgIpc) is 3.33. The highest BCUT2D eigenvalue weighted by molar-refractivity contribution is 6.00. The van der Waals surface area contributed by atoms with Crippen LogP contribution in [0.5, 0.6) is 0 Å². The second kappa shape index (κ2) is 9.02. The van der Waals surface area contributed by atoms with Gasteiger partial charge in [0.05, 0.1) is 5.56 Å². The van der Waals surface area contributed by atoms with E-state index in [1.807, 2.05) is 0 Å². The second-order valence-corrected chi connectivity index (χ2v) is 7.10. The first-order valence-corrected chi connectivity index (χ1v) is 9.74. The van der Waals surface area contributed by atoms with Crippen molar-refractivity contribution in [3.05, 3.63) is 77.9 Å². The molecule has 3 amide bonds. The minimum atomic E-state index is -4.53. The maximum Gasteiger partial charge on any atom is 0.416 e. The summed E-state index contributed by atoms with van der Waals surface area (Å²) in [7, 11) is 0. The van der Waals surface area contributed by atoms with Crippen LogP contribution in [0.25, 0.3) is 22.5 Å². The molecule has 0 saturated heterocycles. The Hall–Kier alpha value is -4.74. The predicted molar refractivity (Wildman–Crippen MR) is 118 cm³/mol. The van der Waals surface area contributed by atoms with Crippen LogP contribution in [-0.4, -0.2) is 32.6 Å². The molecule has 172 valence electrons. The lowest BCUT2D eigenvalue weighted by Gasteiger charge is -2.13. The Bertz CT molecular complexity index is 1340. The summed E-state index contributed by atoms with van der Waals surface area (Å²) in [6.45, 7) is 0. The van der Waals surface area contributed by atoms with Crippen LogP contribution in [0.2, 0.25) is 0 Å². The van der Waals surface area contributed by atoms with E-state index in [0.29, 0.717) is 22.4 Å². The number of benzene rings is 3. The number of rotatable bonds is 5. The Morgan fingerprint density at radius 2 is 1.59 bits per heavy atom. The number of urea groups is 1. The maximum atomic E-state index is 12.9. The Labute approximate surface area is 190 Å². The number of hydrogen-bond acceptors (Lipinski definition) is 5. The van der Waals surface area contributed by atoms with Crippen LogP contribution in [-0.2, 0) is 6.18 Å². The molecule has 0 fully saturated rings. The first-order valence-electron chi connectivity index (χ1n) is 9.74. The molecule has 4 aromatic rings. The molecule has 34 heavy (non-hydrogen) atoms. The van der Waals surface area contributed by atoms with Gasteiger partial charge < -0.3 is 16.4 Å². The Kier molecular flexibility index (Phi) is 5.95. The van der Waals surface area contributed by atoms with Gasteiger partial charge in [0.2, 0.25) is 11.7 Å². The fourth-order valence-electron chi connectivity index (χ4n) is 3.22. The third-order valence-corrected chi connectivity index (χ3v) is 4.79. The monoisotopic (exact) mass is 467 g/mol. The van der Waals surface area contributed by atoms with Gasteiger partial charge in [-0.25, -0.2) is 4.79 Å². The van der Waals surface area contributed by atoms with Crippen molar-refractivity contribution in [1.29, 1.82) is 0 Å². The number of alkyl halides is 3. The average molecular weight is 467 g/mol. The highest BCUT2D eigenvalue weighted by Crippen LogP contribution is 2.33. The largest absolute Gasteiger partial charge is 0.416 e. The number of aromatic amines is 1. The molecule has 0 aliphatic rings. The van der Waals surface area contributed by atoms with Crippen LogP contribution in [0.15, 0.2) is 66.7 Å². The van der Waals surface area contributed by atoms with E-state index >= 15 is 0 Å². The molecule has 0 aliphatic carbocycles. The third-order valence-electron chi connectivity index (χ3n) is 4.79. The number of nitrogens with one attached hydrogen (secondary N) is 3. The summed E-state index contributed by atoms with van der Waals surface area (Å²) in [6.07, 6.45) is -4.53. The van der Waals surface area contributed by atoms with Gasteiger partial charge in [0, 0.05) is 22.5 Å². The number of carbonyl (C=O) groups excluding carboxylic acids is 2. The fraction of sp³-hybridized carbons (Fsp3) is 0.0455. The molecule has 1 aromatic heterocycles. The van der Waals surface area contributed by atoms with Crippen molar-refractivity contribution < 1.29 is 22.8 Å². The normalized spacial score (nSPS) is 11.1. The minimum Gasteiger partial charge on any atom is -0.366 e. The Morgan fingerprint density at radius 3 is 2.21 bits per heavy atom. The number of anilines is 2. The van der Waals surface area contributed by atoms with Crippen molar-refractivity contribution in [2.45, 2.75) is 6.18 Å². The number of primary amides is 1. The van der Waals surface area contributed by atoms with Gasteiger partial charge in [-0.3, -0.25) is 4.79 Å². The van der Waals surface area contributed by atoms with E-state index < -0.39 is 23.7 Å². The van der Waals surface area contributed by atoms with Gasteiger partial charge in [-0.05, 0) is 58.8 Å². The third kappa shape index (κ3) is 5.01. The number of tetrazole rings is 1. The van der Waals surface area contributed by atoms with E-state index in [1.54, 1.807) is 42.5 Å². The van der Waals surface area contributed by atoms with Crippen molar-refractivity contribution >= 4 is 23.3 Å². The van der Waals surface area contributed by atoms with Crippen molar-refractivity contribution in [3.63, 3.8) is 0 Å². The van der Waals surface area contributed by atoms with Crippen LogP contribution >= 0.6 is 0 Å². The highest BCUT2D eigenvalue weighted by atomic mass is 19.4. The molecule has 0 saturated carbocycles. The lowest BCUT2D eigenvalue weighted by molar-refractivity contribution is -0.137. The SMILES string of the molecule is NC(=O)c1ccc(-c2ccc(NC(=O)Nc3cccc(C(F)(F)F)c3)cc2-c2nn[nH]n2)cc1. The van der Waals surface area contributed by atoms with Gasteiger partial charge in [-0.15, -0.1) is 10.2 Å². The number of carbonyl (C=O) groups is 2. The van der Waals surface area contributed by atoms with Crippen molar-refractivity contribution in [2.75, 3.05) is 10.6 Å². The molecule has 12 heteroatoms. The highest BCUT2D eigenvalue weighted by Gasteiger charge is 2.30. The molecule has 5 N–H and O–H groups in total. The minimum absolute atomic E-state index is 0.0168. The topological polar surface area (TPSA) is 139 Å². The summed E-state index contributed by atoms with van der Waals surface area (Å²) in [5, 5.41) is 18.8. The van der Waals surface area contributed by atoms with Crippen LogP contribution in [0.3, 0.4) is 0 Å². The zero-order valence-corrected chi connectivity index (χ0v) is 17.2. The summed E-state index contributed by atoms with van der Waals surface area (Å²) < 4.78 is 38.7. The van der Waals surface area contributed by atoms with Crippen molar-refractivity contribution in [3.8, 4) is 22.5 Å². The van der Waals surface area contributed by atoms with E-state index in [1.165, 1.54) is 12.1 Å². The molecule has 0 atom stereocenters. The standard InChI is InChI=1S/C22H16F3N7O2/c23-22(24,25)14-2-1-3-15(10-14)27-21(34)28-16-8-9-17(18(11-16)20-29-31-32-30-20)12-4-6-13(7-5-12)19(26)33/h1-11H,(H2,26,33)(H2,27,28,34)(H,29,30,31,32). The van der Waals surface area contributed by atoms with E-state index in [4.69, 9.17) is 5.73 Å². The maximum absolute atomic E-state index is 12.9. The fourth-order valence-corrected chi connectivity index (χ4v) is 3.22. The number of hydrogen-bond donors (Lipinski definition) is 4. The van der Waals surface area contributed by atoms with Crippen LogP contribution in [0, 0.1) is 0 Å². The predicted octanol–water partition coefficient (Wildman–Crippen LogP) is 4.30. The summed E-state index contributed by atoms with van der Waals surface area (Å²) >= 11 is 0. The summed E-state index contributed by atoms with van der Waals surface area (Å²) in [4.78, 5) is 23.7. The number of amides is 3. The Morgan fingerprint density at radius 1 is 0.882 bits per heavy atom. The van der Waals surface area contributed by atoms with E-state index in [2.05, 4.69) is 31.3 Å². The molecular formula is C22H16F3N7O2. The molecule has 0 bridgehead atoms. The van der Waals surface area contributed by atoms with Gasteiger partial charge in [0.15, 0.2) is 0 Å². The van der Waals surface area contributed by atoms with Gasteiger partial charge in [0.1, 0.15) is 0 Å². The molecule has 3 aromatic carbocycles. The van der Waals surface area contributed by atoms with E-state index in [0.717, 1.165) is 17.7 Å². The Balaban J connectivity index is 1.59. The molecular weight excluding hydrogens is 451 g/mol. The zero-order chi connectivity index (χ0) is 24.3. The lowest BCUT2D eigenvalue weighted by atomic mass is 9.97. The van der Waals surface area contributed by atoms with Crippen LogP contribution < -0.4 is 16.4 Å². The summed E-state index contributed by atoms with van der Waals surface area (Å²) in [6, 6.07) is 15.0. The molecule has 9 nitrogen and oxygen atoms in total. The number of aromatic nitrogens is 4. The smallest absolute Gasteiger partial charge is 0.366 e. The molecule has 0 unspecified atom stereocenters. The summed E-state index contributed by atoms with van der Waals surface area (Å²) in [5.74, 6) is -0.313. The van der Waals surface area contributed by atoms with Crippen molar-refractivity contribution in [1.82, 2.24) is 20.6 Å². The van der Waals surface area contributed by atoms with Gasteiger partial charge >= 0.3 is 12.2 Å². The first kappa shape index (κ1) is 22.5. The van der Waals surface area contributed by atoms with Gasteiger partial charge in [-0.2, -0.15) is 18.4 Å². The van der Waals surface area contributed by atoms with Crippen molar-refractivity contribution in [2.24, 2.45) is 5.73 Å². The summed E-state index contributed by atoms with van der Waals surface area (Å²) in [5.41, 5.74) is 6.99. The number of H-pyrrole nitrogens is 1. The molecule has 4 rings (SSSR count). The quantitative estimate of drug-likeness (QED) is 0.347. The molecule has 0 aliphatic heterocycles. The number of halogens is 3. The number of nitrogens with two attached hydrogens (primary N) is 1. The molecule has 0 spiro atoms. The van der Waals surface area contributed by atoms with Crippen LogP contribution in [0.4, 0.5) is 29.3 Å². The lowest BCUT2D eigenvalue weighted by Crippen LogP contribution is -2.20. The number of nitrogens with zero attached hydrogens (tertiary/aromatic N) is 3. The van der Waals surface area contributed by atoms with E-state index in [9.17, 15) is 22.8 Å². The zero-order valence-electron chi connectivity index (χ0n) is 17.2. The molecule has 1 heterocycles. The van der Waals surface area contributed by atoms with Gasteiger partial charge in [0.25, 0.3) is 0 Å². The first-order chi connectivity index (χ1) is 16.2. The van der Waals surface area contributed by atoms with Gasteiger partial charge in [-0.1, -0.05) is 24.3 Å². The molecule has 0 radical (unpaired) electrons. The second-order valence-electron chi connectivity index (χ2n) is 7.10. The van der Waals surface area contributed by atoms with Crippen LogP contribution in [0.1, 0.15) is 15.9 Å².